The summed E-state index contributed by atoms with van der Waals surface area (Å²) in [5.74, 6) is -0.0466. The first-order valence-corrected chi connectivity index (χ1v) is 6.98. The highest BCUT2D eigenvalue weighted by Gasteiger charge is 2.25. The van der Waals surface area contributed by atoms with Crippen molar-refractivity contribution in [2.24, 2.45) is 0 Å². The monoisotopic (exact) mass is 277 g/mol. The van der Waals surface area contributed by atoms with Crippen LogP contribution < -0.4 is 0 Å². The van der Waals surface area contributed by atoms with Crippen LogP contribution in [0.5, 0.6) is 0 Å². The van der Waals surface area contributed by atoms with Crippen LogP contribution in [-0.4, -0.2) is 58.4 Å². The van der Waals surface area contributed by atoms with E-state index in [2.05, 4.69) is 10.00 Å². The van der Waals surface area contributed by atoms with Crippen LogP contribution in [0, 0.1) is 12.3 Å². The minimum Gasteiger partial charge on any atom is -0.343 e. The number of rotatable bonds is 3. The molecule has 2 rings (SSSR count). The topological polar surface area (TPSA) is 65.2 Å². The third-order valence-corrected chi connectivity index (χ3v) is 3.91. The average molecular weight is 277 g/mol. The lowest BCUT2D eigenvalue weighted by Gasteiger charge is -2.24. The molecule has 110 valence electrons. The van der Waals surface area contributed by atoms with E-state index in [4.69, 9.17) is 5.41 Å². The Morgan fingerprint density at radius 1 is 1.45 bits per heavy atom. The minimum absolute atomic E-state index is 0.0466. The Morgan fingerprint density at radius 3 is 2.75 bits per heavy atom. The Bertz CT molecular complexity index is 520. The van der Waals surface area contributed by atoms with E-state index in [1.165, 1.54) is 6.21 Å². The van der Waals surface area contributed by atoms with Gasteiger partial charge in [-0.15, -0.1) is 0 Å². The van der Waals surface area contributed by atoms with Crippen LogP contribution in [-0.2, 0) is 13.1 Å². The van der Waals surface area contributed by atoms with Gasteiger partial charge in [0.25, 0.3) is 5.91 Å². The highest BCUT2D eigenvalue weighted by atomic mass is 16.2. The molecule has 1 N–H and O–H groups in total. The van der Waals surface area contributed by atoms with Gasteiger partial charge in [0.05, 0.1) is 5.69 Å². The van der Waals surface area contributed by atoms with E-state index < -0.39 is 0 Å². The molecule has 1 atom stereocenters. The molecule has 2 heterocycles. The van der Waals surface area contributed by atoms with Crippen molar-refractivity contribution < 1.29 is 4.79 Å². The van der Waals surface area contributed by atoms with Crippen LogP contribution in [0.15, 0.2) is 0 Å². The zero-order valence-corrected chi connectivity index (χ0v) is 12.7. The van der Waals surface area contributed by atoms with Crippen LogP contribution in [0.25, 0.3) is 0 Å². The fourth-order valence-corrected chi connectivity index (χ4v) is 2.53. The lowest BCUT2D eigenvalue weighted by Crippen LogP contribution is -2.33. The number of hydrogen-bond acceptors (Lipinski definition) is 4. The van der Waals surface area contributed by atoms with Gasteiger partial charge in [-0.3, -0.25) is 14.4 Å². The standard InChI is InChI=1S/C14H23N5O/c1-10(8-15)18-6-5-7-19-12(9-18)11(2)13(16-19)14(20)17(3)4/h8,10,15H,5-7,9H2,1-4H3. The van der Waals surface area contributed by atoms with E-state index in [0.29, 0.717) is 5.69 Å². The summed E-state index contributed by atoms with van der Waals surface area (Å²) < 4.78 is 1.96. The fourth-order valence-electron chi connectivity index (χ4n) is 2.53. The normalized spacial score (nSPS) is 17.2. The number of carbonyl (C=O) groups is 1. The number of carbonyl (C=O) groups excluding carboxylic acids is 1. The van der Waals surface area contributed by atoms with E-state index in [-0.39, 0.29) is 11.9 Å². The summed E-state index contributed by atoms with van der Waals surface area (Å²) in [6.45, 7) is 6.53. The van der Waals surface area contributed by atoms with Gasteiger partial charge in [0, 0.05) is 51.5 Å². The maximum atomic E-state index is 12.1. The van der Waals surface area contributed by atoms with Crippen molar-refractivity contribution >= 4 is 12.1 Å². The molecule has 1 aliphatic rings. The summed E-state index contributed by atoms with van der Waals surface area (Å²) in [7, 11) is 3.49. The van der Waals surface area contributed by atoms with Crippen LogP contribution in [0.2, 0.25) is 0 Å². The summed E-state index contributed by atoms with van der Waals surface area (Å²) in [6.07, 6.45) is 2.45. The number of aromatic nitrogens is 2. The number of hydrogen-bond donors (Lipinski definition) is 1. The van der Waals surface area contributed by atoms with Crippen molar-refractivity contribution in [1.29, 1.82) is 5.41 Å². The number of amides is 1. The van der Waals surface area contributed by atoms with Gasteiger partial charge in [0.2, 0.25) is 0 Å². The second kappa shape index (κ2) is 5.75. The van der Waals surface area contributed by atoms with Gasteiger partial charge >= 0.3 is 0 Å². The highest BCUT2D eigenvalue weighted by Crippen LogP contribution is 2.21. The summed E-state index contributed by atoms with van der Waals surface area (Å²) in [5.41, 5.74) is 2.61. The third-order valence-electron chi connectivity index (χ3n) is 3.91. The van der Waals surface area contributed by atoms with E-state index >= 15 is 0 Å². The summed E-state index contributed by atoms with van der Waals surface area (Å²) in [5, 5.41) is 11.9. The smallest absolute Gasteiger partial charge is 0.274 e. The lowest BCUT2D eigenvalue weighted by molar-refractivity contribution is 0.0820. The molecule has 0 aromatic carbocycles. The Hall–Kier alpha value is -1.69. The second-order valence-corrected chi connectivity index (χ2v) is 5.57. The van der Waals surface area contributed by atoms with Gasteiger partial charge < -0.3 is 10.3 Å². The van der Waals surface area contributed by atoms with Gasteiger partial charge in [0.15, 0.2) is 5.69 Å². The molecule has 6 nitrogen and oxygen atoms in total. The SMILES string of the molecule is Cc1c(C(=O)N(C)C)nn2c1CN(C(C)C=N)CCC2. The molecule has 1 aliphatic heterocycles. The van der Waals surface area contributed by atoms with Gasteiger partial charge in [0.1, 0.15) is 0 Å². The molecule has 0 saturated carbocycles. The first-order valence-electron chi connectivity index (χ1n) is 6.98. The second-order valence-electron chi connectivity index (χ2n) is 5.57. The maximum Gasteiger partial charge on any atom is 0.274 e. The Kier molecular flexibility index (Phi) is 4.23. The molecular formula is C14H23N5O. The molecule has 0 fully saturated rings. The van der Waals surface area contributed by atoms with Crippen molar-refractivity contribution in [3.63, 3.8) is 0 Å². The average Bonchev–Trinajstić information content (AvgIpc) is 2.62. The molecule has 6 heteroatoms. The molecule has 1 aromatic heterocycles. The number of nitrogens with zero attached hydrogens (tertiary/aromatic N) is 4. The lowest BCUT2D eigenvalue weighted by atomic mass is 10.1. The van der Waals surface area contributed by atoms with Gasteiger partial charge in [-0.1, -0.05) is 0 Å². The van der Waals surface area contributed by atoms with Crippen molar-refractivity contribution in [3.05, 3.63) is 17.0 Å². The van der Waals surface area contributed by atoms with Crippen LogP contribution in [0.4, 0.5) is 0 Å². The number of aryl methyl sites for hydroxylation is 1. The maximum absolute atomic E-state index is 12.1. The molecule has 0 bridgehead atoms. The van der Waals surface area contributed by atoms with Gasteiger partial charge in [-0.05, 0) is 20.3 Å². The zero-order chi connectivity index (χ0) is 14.9. The van der Waals surface area contributed by atoms with Crippen molar-refractivity contribution in [3.8, 4) is 0 Å². The van der Waals surface area contributed by atoms with E-state index in [9.17, 15) is 4.79 Å². The zero-order valence-electron chi connectivity index (χ0n) is 12.7. The third kappa shape index (κ3) is 2.60. The molecule has 20 heavy (non-hydrogen) atoms. The molecular weight excluding hydrogens is 254 g/mol. The quantitative estimate of drug-likeness (QED) is 0.843. The Morgan fingerprint density at radius 2 is 2.15 bits per heavy atom. The molecule has 1 amide bonds. The molecule has 1 aromatic rings. The molecule has 0 radical (unpaired) electrons. The molecule has 0 spiro atoms. The highest BCUT2D eigenvalue weighted by molar-refractivity contribution is 5.93. The number of fused-ring (bicyclic) bond motifs is 1. The van der Waals surface area contributed by atoms with E-state index in [1.807, 2.05) is 18.5 Å². The summed E-state index contributed by atoms with van der Waals surface area (Å²) in [4.78, 5) is 16.0. The first kappa shape index (κ1) is 14.7. The van der Waals surface area contributed by atoms with Crippen molar-refractivity contribution in [1.82, 2.24) is 19.6 Å². The molecule has 0 aliphatic carbocycles. The summed E-state index contributed by atoms with van der Waals surface area (Å²) in [6, 6.07) is 0.115. The number of nitrogens with one attached hydrogen (secondary N) is 1. The Balaban J connectivity index is 2.35. The molecule has 1 unspecified atom stereocenters. The minimum atomic E-state index is -0.0466. The Labute approximate surface area is 119 Å². The van der Waals surface area contributed by atoms with Gasteiger partial charge in [-0.25, -0.2) is 0 Å². The predicted molar refractivity (Wildman–Crippen MR) is 78.3 cm³/mol. The van der Waals surface area contributed by atoms with Gasteiger partial charge in [-0.2, -0.15) is 5.10 Å². The van der Waals surface area contributed by atoms with E-state index in [0.717, 1.165) is 37.3 Å². The largest absolute Gasteiger partial charge is 0.343 e. The van der Waals surface area contributed by atoms with Crippen LogP contribution in [0.1, 0.15) is 35.1 Å². The van der Waals surface area contributed by atoms with Crippen molar-refractivity contribution in [2.45, 2.75) is 39.4 Å². The van der Waals surface area contributed by atoms with E-state index in [1.54, 1.807) is 19.0 Å². The summed E-state index contributed by atoms with van der Waals surface area (Å²) >= 11 is 0. The fraction of sp³-hybridized carbons (Fsp3) is 0.643. The first-order chi connectivity index (χ1) is 9.45. The molecule has 0 saturated heterocycles. The van der Waals surface area contributed by atoms with Crippen molar-refractivity contribution in [2.75, 3.05) is 20.6 Å². The van der Waals surface area contributed by atoms with Crippen LogP contribution >= 0.6 is 0 Å². The predicted octanol–water partition coefficient (Wildman–Crippen LogP) is 1.14. The van der Waals surface area contributed by atoms with Crippen LogP contribution in [0.3, 0.4) is 0 Å².